The second-order valence-corrected chi connectivity index (χ2v) is 13.4. The van der Waals surface area contributed by atoms with Gasteiger partial charge in [0.25, 0.3) is 0 Å². The molecule has 1 spiro atoms. The average Bonchev–Trinajstić information content (AvgIpc) is 3.82. The molecule has 0 saturated heterocycles. The van der Waals surface area contributed by atoms with Gasteiger partial charge in [0.05, 0.1) is 5.56 Å². The van der Waals surface area contributed by atoms with Gasteiger partial charge in [0, 0.05) is 40.1 Å². The molecule has 3 heteroatoms. The van der Waals surface area contributed by atoms with Gasteiger partial charge in [-0.2, -0.15) is 0 Å². The van der Waals surface area contributed by atoms with Crippen molar-refractivity contribution in [2.75, 3.05) is 0 Å². The van der Waals surface area contributed by atoms with E-state index in [0.29, 0.717) is 0 Å². The number of benzene rings is 3. The predicted octanol–water partition coefficient (Wildman–Crippen LogP) is 9.65. The third kappa shape index (κ3) is 3.22. The van der Waals surface area contributed by atoms with Gasteiger partial charge in [0.2, 0.25) is 11.4 Å². The molecule has 9 rings (SSSR count). The van der Waals surface area contributed by atoms with E-state index in [2.05, 4.69) is 147 Å². The Morgan fingerprint density at radius 1 is 0.891 bits per heavy atom. The van der Waals surface area contributed by atoms with Crippen LogP contribution < -0.4 is 9.13 Å². The number of allylic oxidation sites excluding steroid dienone is 5. The number of pyridine rings is 2. The lowest BCUT2D eigenvalue weighted by atomic mass is 9.87. The van der Waals surface area contributed by atoms with Crippen molar-refractivity contribution in [1.82, 2.24) is 0 Å². The number of hydrogen-bond donors (Lipinski definition) is 0. The number of hydrogen-bond acceptors (Lipinski definition) is 1. The minimum atomic E-state index is -0.615. The van der Waals surface area contributed by atoms with Crippen molar-refractivity contribution in [3.63, 3.8) is 0 Å². The van der Waals surface area contributed by atoms with E-state index in [1.165, 1.54) is 50.0 Å². The van der Waals surface area contributed by atoms with Crippen LogP contribution >= 0.6 is 0 Å². The van der Waals surface area contributed by atoms with Crippen LogP contribution in [0.25, 0.3) is 56.1 Å². The Hall–Kier alpha value is -5.28. The molecule has 1 aliphatic carbocycles. The molecule has 3 aromatic heterocycles. The topological polar surface area (TPSA) is 20.9 Å². The highest BCUT2D eigenvalue weighted by atomic mass is 16.3. The van der Waals surface area contributed by atoms with Crippen LogP contribution in [-0.4, -0.2) is 0 Å². The molecule has 222 valence electrons. The molecule has 0 amide bonds. The summed E-state index contributed by atoms with van der Waals surface area (Å²) in [5, 5.41) is 2.32. The molecule has 0 N–H and O–H groups in total. The molecule has 3 nitrogen and oxygen atoms in total. The van der Waals surface area contributed by atoms with E-state index in [9.17, 15) is 0 Å². The standard InChI is InChI=1S/C43H36N2O/c1-7-27(6)39(26(4)5)33-23-38-40-36(21-20-31-30-19-18-28-13-12-15-29(28)41(30)46-42(31)40)43(45(38)24-34(33)25(2)3)35-16-9-8-14-32(35)37-17-10-11-22-44(37)43/h7-12,14-25H,1,4,13H2,2-3,5-6H3/q+2/b39-27+. The lowest BCUT2D eigenvalue weighted by Gasteiger charge is -2.20. The van der Waals surface area contributed by atoms with Crippen LogP contribution in [0, 0.1) is 0 Å². The minimum Gasteiger partial charge on any atom is -0.454 e. The van der Waals surface area contributed by atoms with E-state index in [1.54, 1.807) is 0 Å². The van der Waals surface area contributed by atoms with Crippen LogP contribution in [0.3, 0.4) is 0 Å². The number of nitrogens with zero attached hydrogens (tertiary/aromatic N) is 2. The Labute approximate surface area is 269 Å². The maximum absolute atomic E-state index is 7.05. The van der Waals surface area contributed by atoms with Crippen molar-refractivity contribution < 1.29 is 13.6 Å². The molecule has 0 fully saturated rings. The van der Waals surface area contributed by atoms with Gasteiger partial charge < -0.3 is 4.42 Å². The lowest BCUT2D eigenvalue weighted by Crippen LogP contribution is -2.71. The molecule has 0 bridgehead atoms. The molecule has 0 radical (unpaired) electrons. The molecule has 1 atom stereocenters. The molecular formula is C43H36N2O+2. The fourth-order valence-electron chi connectivity index (χ4n) is 8.50. The SMILES string of the molecule is C=C/C(C)=C(\C(=C)C)c1cc2[n+](cc1C(C)C)C1(c3ccccc3-c3cccc[n+]31)c1ccc3c(oc4c5c(ccc43)CC=C5)c1-2. The van der Waals surface area contributed by atoms with Crippen LogP contribution in [0.5, 0.6) is 0 Å². The van der Waals surface area contributed by atoms with E-state index in [4.69, 9.17) is 4.42 Å². The van der Waals surface area contributed by atoms with Gasteiger partial charge in [-0.1, -0.05) is 75.1 Å². The van der Waals surface area contributed by atoms with Crippen LogP contribution in [0.4, 0.5) is 0 Å². The predicted molar refractivity (Wildman–Crippen MR) is 187 cm³/mol. The monoisotopic (exact) mass is 596 g/mol. The Morgan fingerprint density at radius 3 is 2.48 bits per heavy atom. The van der Waals surface area contributed by atoms with Gasteiger partial charge in [-0.05, 0) is 78.8 Å². The number of aromatic nitrogens is 2. The van der Waals surface area contributed by atoms with E-state index >= 15 is 0 Å². The van der Waals surface area contributed by atoms with Crippen molar-refractivity contribution >= 4 is 33.6 Å². The van der Waals surface area contributed by atoms with Gasteiger partial charge in [0.15, 0.2) is 12.4 Å². The molecule has 0 saturated carbocycles. The minimum absolute atomic E-state index is 0.276. The van der Waals surface area contributed by atoms with Crippen molar-refractivity contribution in [3.8, 4) is 22.5 Å². The maximum Gasteiger partial charge on any atom is 0.417 e. The van der Waals surface area contributed by atoms with Gasteiger partial charge in [-0.25, -0.2) is 0 Å². The van der Waals surface area contributed by atoms with Crippen LogP contribution in [-0.2, 0) is 12.1 Å². The van der Waals surface area contributed by atoms with Gasteiger partial charge in [-0.15, -0.1) is 9.13 Å². The molecule has 3 aromatic carbocycles. The second kappa shape index (κ2) is 9.37. The molecule has 46 heavy (non-hydrogen) atoms. The summed E-state index contributed by atoms with van der Waals surface area (Å²) in [6.07, 6.45) is 12.0. The Morgan fingerprint density at radius 2 is 1.67 bits per heavy atom. The lowest BCUT2D eigenvalue weighted by molar-refractivity contribution is -0.955. The fraction of sp³-hybridized carbons (Fsp3) is 0.163. The molecule has 2 aliphatic heterocycles. The highest BCUT2D eigenvalue weighted by Crippen LogP contribution is 2.51. The van der Waals surface area contributed by atoms with Crippen LogP contribution in [0.2, 0.25) is 0 Å². The first-order valence-corrected chi connectivity index (χ1v) is 16.3. The molecule has 3 aliphatic rings. The fourth-order valence-corrected chi connectivity index (χ4v) is 8.50. The summed E-state index contributed by atoms with van der Waals surface area (Å²) in [5.74, 6) is 0.276. The summed E-state index contributed by atoms with van der Waals surface area (Å²) in [6, 6.07) is 27.0. The first-order valence-electron chi connectivity index (χ1n) is 16.3. The third-order valence-electron chi connectivity index (χ3n) is 10.5. The van der Waals surface area contributed by atoms with Gasteiger partial charge in [0.1, 0.15) is 27.9 Å². The highest BCUT2D eigenvalue weighted by molar-refractivity contribution is 6.12. The van der Waals surface area contributed by atoms with Crippen LogP contribution in [0.1, 0.15) is 67.0 Å². The van der Waals surface area contributed by atoms with E-state index < -0.39 is 5.66 Å². The zero-order valence-electron chi connectivity index (χ0n) is 26.8. The summed E-state index contributed by atoms with van der Waals surface area (Å²) in [4.78, 5) is 0. The summed E-state index contributed by atoms with van der Waals surface area (Å²) < 4.78 is 12.0. The quantitative estimate of drug-likeness (QED) is 0.146. The summed E-state index contributed by atoms with van der Waals surface area (Å²) in [7, 11) is 0. The van der Waals surface area contributed by atoms with Crippen molar-refractivity contribution in [2.45, 2.75) is 45.7 Å². The smallest absolute Gasteiger partial charge is 0.417 e. The van der Waals surface area contributed by atoms with Crippen molar-refractivity contribution in [1.29, 1.82) is 0 Å². The highest BCUT2D eigenvalue weighted by Gasteiger charge is 2.67. The Balaban J connectivity index is 1.50. The average molecular weight is 597 g/mol. The number of furan rings is 1. The largest absolute Gasteiger partial charge is 0.454 e. The third-order valence-corrected chi connectivity index (χ3v) is 10.5. The zero-order chi connectivity index (χ0) is 31.5. The zero-order valence-corrected chi connectivity index (χ0v) is 26.8. The maximum atomic E-state index is 7.05. The normalized spacial score (nSPS) is 17.3. The molecule has 6 aromatic rings. The number of rotatable bonds is 4. The summed E-state index contributed by atoms with van der Waals surface area (Å²) in [5.41, 5.74) is 16.9. The van der Waals surface area contributed by atoms with Crippen molar-refractivity contribution in [2.24, 2.45) is 0 Å². The second-order valence-electron chi connectivity index (χ2n) is 13.4. The van der Waals surface area contributed by atoms with E-state index in [1.807, 2.05) is 6.08 Å². The van der Waals surface area contributed by atoms with Gasteiger partial charge in [-0.3, -0.25) is 0 Å². The summed E-state index contributed by atoms with van der Waals surface area (Å²) >= 11 is 0. The molecular weight excluding hydrogens is 560 g/mol. The first-order chi connectivity index (χ1) is 22.4. The molecule has 1 unspecified atom stereocenters. The first kappa shape index (κ1) is 27.1. The number of fused-ring (bicyclic) bond motifs is 16. The molecule has 5 heterocycles. The van der Waals surface area contributed by atoms with E-state index in [-0.39, 0.29) is 5.92 Å². The van der Waals surface area contributed by atoms with E-state index in [0.717, 1.165) is 50.9 Å². The Bertz CT molecular complexity index is 2380. The Kier molecular flexibility index (Phi) is 5.51. The van der Waals surface area contributed by atoms with Crippen molar-refractivity contribution in [3.05, 3.63) is 155 Å². The van der Waals surface area contributed by atoms with Gasteiger partial charge >= 0.3 is 5.66 Å². The van der Waals surface area contributed by atoms with Crippen LogP contribution in [0.15, 0.2) is 126 Å². The summed E-state index contributed by atoms with van der Waals surface area (Å²) in [6.45, 7) is 17.4.